The normalized spacial score (nSPS) is 21.6. The molecule has 0 N–H and O–H groups in total. The molecule has 5 nitrogen and oxygen atoms in total. The number of amides is 1. The zero-order chi connectivity index (χ0) is 19.3. The van der Waals surface area contributed by atoms with E-state index in [2.05, 4.69) is 34.9 Å². The third kappa shape index (κ3) is 3.07. The molecule has 1 aromatic carbocycles. The largest absolute Gasteiger partial charge is 0.332 e. The third-order valence-electron chi connectivity index (χ3n) is 6.24. The second-order valence-corrected chi connectivity index (χ2v) is 8.90. The minimum atomic E-state index is 0.182. The molecular weight excluding hydrogens is 348 g/mol. The molecule has 0 spiro atoms. The fourth-order valence-corrected chi connectivity index (χ4v) is 4.73. The number of carbonyl (C=O) groups excluding carboxylic acids is 1. The molecule has 1 saturated carbocycles. The van der Waals surface area contributed by atoms with Gasteiger partial charge in [0.25, 0.3) is 5.91 Å². The SMILES string of the molecule is CC(C)Cn1ncc2c(C(=O)N(C3CC3)C3CCC4=C(C=NC4)C3)cccc21. The van der Waals surface area contributed by atoms with Gasteiger partial charge in [-0.2, -0.15) is 5.10 Å². The Morgan fingerprint density at radius 3 is 2.89 bits per heavy atom. The number of hydrogen-bond acceptors (Lipinski definition) is 3. The Kier molecular flexibility index (Phi) is 4.33. The molecule has 5 heteroatoms. The van der Waals surface area contributed by atoms with Gasteiger partial charge in [0.1, 0.15) is 0 Å². The fraction of sp³-hybridized carbons (Fsp3) is 0.522. The van der Waals surface area contributed by atoms with E-state index in [-0.39, 0.29) is 5.91 Å². The van der Waals surface area contributed by atoms with Crippen LogP contribution in [0, 0.1) is 5.92 Å². The van der Waals surface area contributed by atoms with Crippen LogP contribution in [0.25, 0.3) is 10.9 Å². The van der Waals surface area contributed by atoms with Gasteiger partial charge >= 0.3 is 0 Å². The number of carbonyl (C=O) groups is 1. The van der Waals surface area contributed by atoms with Crippen LogP contribution in [0.2, 0.25) is 0 Å². The quantitative estimate of drug-likeness (QED) is 0.784. The van der Waals surface area contributed by atoms with Crippen molar-refractivity contribution < 1.29 is 4.79 Å². The first kappa shape index (κ1) is 17.7. The minimum absolute atomic E-state index is 0.182. The molecule has 1 amide bonds. The van der Waals surface area contributed by atoms with E-state index in [9.17, 15) is 4.79 Å². The summed E-state index contributed by atoms with van der Waals surface area (Å²) >= 11 is 0. The highest BCUT2D eigenvalue weighted by Gasteiger charge is 2.40. The molecule has 2 aromatic rings. The molecule has 2 aliphatic carbocycles. The maximum absolute atomic E-state index is 13.7. The fourth-order valence-electron chi connectivity index (χ4n) is 4.73. The van der Waals surface area contributed by atoms with Crippen LogP contribution < -0.4 is 0 Å². The van der Waals surface area contributed by atoms with Crippen molar-refractivity contribution >= 4 is 23.0 Å². The predicted molar refractivity (Wildman–Crippen MR) is 112 cm³/mol. The smallest absolute Gasteiger partial charge is 0.255 e. The van der Waals surface area contributed by atoms with E-state index in [0.717, 1.165) is 61.7 Å². The van der Waals surface area contributed by atoms with Crippen molar-refractivity contribution in [2.45, 2.75) is 64.6 Å². The Morgan fingerprint density at radius 2 is 2.11 bits per heavy atom. The summed E-state index contributed by atoms with van der Waals surface area (Å²) in [6, 6.07) is 6.76. The van der Waals surface area contributed by atoms with Gasteiger partial charge in [0.15, 0.2) is 0 Å². The lowest BCUT2D eigenvalue weighted by Gasteiger charge is -2.35. The number of rotatable bonds is 5. The minimum Gasteiger partial charge on any atom is -0.332 e. The first-order chi connectivity index (χ1) is 13.6. The van der Waals surface area contributed by atoms with Crippen LogP contribution >= 0.6 is 0 Å². The van der Waals surface area contributed by atoms with Gasteiger partial charge in [-0.25, -0.2) is 0 Å². The molecule has 1 aliphatic heterocycles. The van der Waals surface area contributed by atoms with E-state index in [1.807, 2.05) is 29.2 Å². The molecule has 146 valence electrons. The summed E-state index contributed by atoms with van der Waals surface area (Å²) in [4.78, 5) is 20.3. The number of aromatic nitrogens is 2. The first-order valence-corrected chi connectivity index (χ1v) is 10.6. The standard InChI is InChI=1S/C23H28N4O/c1-15(2)14-26-22-5-3-4-20(21(22)13-25-26)23(28)27(18-8-9-18)19-7-6-16-11-24-12-17(16)10-19/h3-5,12-13,15,18-19H,6-11,14H2,1-2H3. The summed E-state index contributed by atoms with van der Waals surface area (Å²) in [5.74, 6) is 0.699. The third-order valence-corrected chi connectivity index (χ3v) is 6.24. The van der Waals surface area contributed by atoms with E-state index in [1.54, 1.807) is 0 Å². The number of benzene rings is 1. The number of nitrogens with zero attached hydrogens (tertiary/aromatic N) is 4. The Morgan fingerprint density at radius 1 is 1.25 bits per heavy atom. The zero-order valence-corrected chi connectivity index (χ0v) is 16.8. The van der Waals surface area contributed by atoms with Gasteiger partial charge in [-0.15, -0.1) is 0 Å². The van der Waals surface area contributed by atoms with E-state index in [0.29, 0.717) is 18.0 Å². The lowest BCUT2D eigenvalue weighted by molar-refractivity contribution is 0.0647. The van der Waals surface area contributed by atoms with E-state index >= 15 is 0 Å². The number of fused-ring (bicyclic) bond motifs is 1. The summed E-state index contributed by atoms with van der Waals surface area (Å²) in [5, 5.41) is 5.56. The van der Waals surface area contributed by atoms with Crippen molar-refractivity contribution in [2.75, 3.05) is 6.54 Å². The summed E-state index contributed by atoms with van der Waals surface area (Å²) in [6.07, 6.45) is 9.27. The summed E-state index contributed by atoms with van der Waals surface area (Å²) in [5.41, 5.74) is 4.72. The monoisotopic (exact) mass is 376 g/mol. The van der Waals surface area contributed by atoms with Gasteiger partial charge in [0.2, 0.25) is 0 Å². The van der Waals surface area contributed by atoms with Crippen LogP contribution in [-0.4, -0.2) is 45.4 Å². The van der Waals surface area contributed by atoms with Gasteiger partial charge in [-0.3, -0.25) is 14.5 Å². The lowest BCUT2D eigenvalue weighted by Crippen LogP contribution is -2.43. The van der Waals surface area contributed by atoms with Crippen molar-refractivity contribution in [1.29, 1.82) is 0 Å². The van der Waals surface area contributed by atoms with Crippen LogP contribution in [0.5, 0.6) is 0 Å². The second-order valence-electron chi connectivity index (χ2n) is 8.90. The molecule has 28 heavy (non-hydrogen) atoms. The van der Waals surface area contributed by atoms with Crippen molar-refractivity contribution in [3.05, 3.63) is 41.1 Å². The van der Waals surface area contributed by atoms with Crippen LogP contribution in [-0.2, 0) is 6.54 Å². The summed E-state index contributed by atoms with van der Waals surface area (Å²) < 4.78 is 2.03. The second kappa shape index (κ2) is 6.87. The van der Waals surface area contributed by atoms with E-state index in [1.165, 1.54) is 11.1 Å². The molecule has 3 aliphatic rings. The lowest BCUT2D eigenvalue weighted by atomic mass is 9.88. The maximum Gasteiger partial charge on any atom is 0.255 e. The molecule has 0 bridgehead atoms. The number of aliphatic imine (C=N–C) groups is 1. The maximum atomic E-state index is 13.7. The highest BCUT2D eigenvalue weighted by atomic mass is 16.2. The molecule has 1 unspecified atom stereocenters. The first-order valence-electron chi connectivity index (χ1n) is 10.6. The Bertz CT molecular complexity index is 980. The molecule has 2 heterocycles. The summed E-state index contributed by atoms with van der Waals surface area (Å²) in [6.45, 7) is 6.12. The predicted octanol–water partition coefficient (Wildman–Crippen LogP) is 4.23. The van der Waals surface area contributed by atoms with Crippen molar-refractivity contribution in [3.8, 4) is 0 Å². The van der Waals surface area contributed by atoms with Crippen LogP contribution in [0.1, 0.15) is 56.3 Å². The molecule has 1 aromatic heterocycles. The van der Waals surface area contributed by atoms with E-state index < -0.39 is 0 Å². The average molecular weight is 377 g/mol. The molecule has 1 fully saturated rings. The zero-order valence-electron chi connectivity index (χ0n) is 16.8. The van der Waals surface area contributed by atoms with Crippen LogP contribution in [0.3, 0.4) is 0 Å². The van der Waals surface area contributed by atoms with Gasteiger partial charge < -0.3 is 4.90 Å². The Labute approximate surface area is 166 Å². The number of hydrogen-bond donors (Lipinski definition) is 0. The Hall–Kier alpha value is -2.43. The van der Waals surface area contributed by atoms with Gasteiger partial charge in [-0.05, 0) is 61.3 Å². The van der Waals surface area contributed by atoms with Gasteiger partial charge in [-0.1, -0.05) is 19.9 Å². The molecule has 0 radical (unpaired) electrons. The highest BCUT2D eigenvalue weighted by Crippen LogP contribution is 2.38. The molecular formula is C23H28N4O. The van der Waals surface area contributed by atoms with Crippen LogP contribution in [0.15, 0.2) is 40.5 Å². The van der Waals surface area contributed by atoms with Gasteiger partial charge in [0, 0.05) is 30.2 Å². The molecule has 0 saturated heterocycles. The summed E-state index contributed by atoms with van der Waals surface area (Å²) in [7, 11) is 0. The highest BCUT2D eigenvalue weighted by molar-refractivity contribution is 6.06. The molecule has 1 atom stereocenters. The average Bonchev–Trinajstić information content (AvgIpc) is 3.25. The Balaban J connectivity index is 1.47. The van der Waals surface area contributed by atoms with Crippen LogP contribution in [0.4, 0.5) is 0 Å². The topological polar surface area (TPSA) is 50.5 Å². The van der Waals surface area contributed by atoms with Crippen molar-refractivity contribution in [1.82, 2.24) is 14.7 Å². The van der Waals surface area contributed by atoms with Gasteiger partial charge in [0.05, 0.1) is 23.8 Å². The van der Waals surface area contributed by atoms with E-state index in [4.69, 9.17) is 0 Å². The molecule has 5 rings (SSSR count). The van der Waals surface area contributed by atoms with Crippen molar-refractivity contribution in [2.24, 2.45) is 10.9 Å². The van der Waals surface area contributed by atoms with Crippen molar-refractivity contribution in [3.63, 3.8) is 0 Å².